The van der Waals surface area contributed by atoms with Crippen molar-refractivity contribution in [2.24, 2.45) is 13.0 Å². The predicted molar refractivity (Wildman–Crippen MR) is 50.1 cm³/mol. The number of nitrogen functional groups attached to an aromatic ring is 1. The molecule has 1 aliphatic rings. The molecule has 1 atom stereocenters. The van der Waals surface area contributed by atoms with Crippen LogP contribution in [0.4, 0.5) is 5.95 Å². The third-order valence-electron chi connectivity index (χ3n) is 2.50. The van der Waals surface area contributed by atoms with Crippen LogP contribution < -0.4 is 11.1 Å². The fourth-order valence-electron chi connectivity index (χ4n) is 1.76. The molecule has 0 radical (unpaired) electrons. The number of nitrogens with zero attached hydrogens (tertiary/aromatic N) is 3. The highest BCUT2D eigenvalue weighted by Gasteiger charge is 2.17. The summed E-state index contributed by atoms with van der Waals surface area (Å²) in [5.74, 6) is 2.07. The normalized spacial score (nSPS) is 22.4. The lowest BCUT2D eigenvalue weighted by atomic mass is 10.1. The van der Waals surface area contributed by atoms with E-state index in [0.29, 0.717) is 11.9 Å². The highest BCUT2D eigenvalue weighted by atomic mass is 15.4. The van der Waals surface area contributed by atoms with Gasteiger partial charge < -0.3 is 11.1 Å². The summed E-state index contributed by atoms with van der Waals surface area (Å²) < 4.78 is 1.77. The molecule has 1 aliphatic heterocycles. The molecular formula is C8H15N5. The van der Waals surface area contributed by atoms with Gasteiger partial charge in [0.25, 0.3) is 0 Å². The first-order valence-corrected chi connectivity index (χ1v) is 4.62. The Hall–Kier alpha value is -1.10. The first-order chi connectivity index (χ1) is 6.25. The van der Waals surface area contributed by atoms with Gasteiger partial charge >= 0.3 is 0 Å². The van der Waals surface area contributed by atoms with Gasteiger partial charge in [0.15, 0.2) is 0 Å². The molecule has 1 aromatic rings. The molecule has 0 bridgehead atoms. The van der Waals surface area contributed by atoms with Gasteiger partial charge in [-0.25, -0.2) is 0 Å². The Morgan fingerprint density at radius 3 is 3.08 bits per heavy atom. The lowest BCUT2D eigenvalue weighted by molar-refractivity contribution is 0.539. The van der Waals surface area contributed by atoms with Crippen LogP contribution in [0.5, 0.6) is 0 Å². The van der Waals surface area contributed by atoms with Crippen molar-refractivity contribution >= 4 is 5.95 Å². The molecule has 0 aromatic carbocycles. The zero-order valence-corrected chi connectivity index (χ0v) is 7.82. The van der Waals surface area contributed by atoms with Crippen LogP contribution in [0.3, 0.4) is 0 Å². The number of rotatable bonds is 2. The van der Waals surface area contributed by atoms with Crippen molar-refractivity contribution in [1.82, 2.24) is 20.1 Å². The highest BCUT2D eigenvalue weighted by Crippen LogP contribution is 2.13. The van der Waals surface area contributed by atoms with E-state index in [1.54, 1.807) is 4.68 Å². The average Bonchev–Trinajstić information content (AvgIpc) is 2.63. The molecule has 1 saturated heterocycles. The molecule has 0 amide bonds. The van der Waals surface area contributed by atoms with Crippen LogP contribution in [-0.4, -0.2) is 27.9 Å². The number of aromatic nitrogens is 3. The van der Waals surface area contributed by atoms with Gasteiger partial charge in [-0.1, -0.05) is 0 Å². The van der Waals surface area contributed by atoms with E-state index in [0.717, 1.165) is 25.3 Å². The minimum atomic E-state index is 0.378. The average molecular weight is 181 g/mol. The van der Waals surface area contributed by atoms with Crippen molar-refractivity contribution in [3.63, 3.8) is 0 Å². The Bertz CT molecular complexity index is 287. The van der Waals surface area contributed by atoms with Crippen molar-refractivity contribution in [3.05, 3.63) is 5.82 Å². The Balaban J connectivity index is 2.03. The molecule has 1 fully saturated rings. The Morgan fingerprint density at radius 1 is 1.69 bits per heavy atom. The first-order valence-electron chi connectivity index (χ1n) is 4.62. The van der Waals surface area contributed by atoms with Crippen LogP contribution in [0, 0.1) is 5.92 Å². The minimum absolute atomic E-state index is 0.378. The van der Waals surface area contributed by atoms with Gasteiger partial charge in [-0.15, -0.1) is 5.10 Å². The van der Waals surface area contributed by atoms with E-state index in [1.165, 1.54) is 6.42 Å². The largest absolute Gasteiger partial charge is 0.366 e. The lowest BCUT2D eigenvalue weighted by Crippen LogP contribution is -2.13. The summed E-state index contributed by atoms with van der Waals surface area (Å²) in [4.78, 5) is 4.18. The number of nitrogens with two attached hydrogens (primary N) is 1. The Labute approximate surface area is 77.3 Å². The summed E-state index contributed by atoms with van der Waals surface area (Å²) in [6.07, 6.45) is 2.21. The zero-order chi connectivity index (χ0) is 9.26. The van der Waals surface area contributed by atoms with Crippen molar-refractivity contribution in [2.75, 3.05) is 18.8 Å². The summed E-state index contributed by atoms with van der Waals surface area (Å²) in [5.41, 5.74) is 5.50. The van der Waals surface area contributed by atoms with Gasteiger partial charge in [0, 0.05) is 13.5 Å². The monoisotopic (exact) mass is 181 g/mol. The maximum atomic E-state index is 5.50. The smallest absolute Gasteiger partial charge is 0.239 e. The molecule has 3 N–H and O–H groups in total. The van der Waals surface area contributed by atoms with E-state index in [1.807, 2.05) is 7.05 Å². The molecule has 5 nitrogen and oxygen atoms in total. The van der Waals surface area contributed by atoms with Crippen molar-refractivity contribution in [1.29, 1.82) is 0 Å². The third kappa shape index (κ3) is 1.80. The summed E-state index contributed by atoms with van der Waals surface area (Å²) in [6.45, 7) is 2.21. The molecule has 0 saturated carbocycles. The van der Waals surface area contributed by atoms with E-state index in [2.05, 4.69) is 15.4 Å². The van der Waals surface area contributed by atoms with Crippen LogP contribution in [0.2, 0.25) is 0 Å². The summed E-state index contributed by atoms with van der Waals surface area (Å²) in [6, 6.07) is 0. The molecule has 0 aliphatic carbocycles. The number of aryl methyl sites for hydroxylation is 1. The molecule has 2 rings (SSSR count). The van der Waals surface area contributed by atoms with Crippen LogP contribution in [0.1, 0.15) is 12.2 Å². The molecule has 1 aromatic heterocycles. The summed E-state index contributed by atoms with van der Waals surface area (Å²) >= 11 is 0. The third-order valence-corrected chi connectivity index (χ3v) is 2.50. The lowest BCUT2D eigenvalue weighted by Gasteiger charge is -2.05. The highest BCUT2D eigenvalue weighted by molar-refractivity contribution is 5.14. The molecule has 1 unspecified atom stereocenters. The van der Waals surface area contributed by atoms with E-state index in [4.69, 9.17) is 5.73 Å². The number of hydrogen-bond acceptors (Lipinski definition) is 4. The molecule has 5 heteroatoms. The Kier molecular flexibility index (Phi) is 2.18. The molecule has 72 valence electrons. The number of hydrogen-bond donors (Lipinski definition) is 2. The molecule has 2 heterocycles. The van der Waals surface area contributed by atoms with E-state index in [-0.39, 0.29) is 0 Å². The second kappa shape index (κ2) is 3.33. The van der Waals surface area contributed by atoms with Crippen molar-refractivity contribution < 1.29 is 0 Å². The van der Waals surface area contributed by atoms with Crippen LogP contribution in [0.25, 0.3) is 0 Å². The second-order valence-electron chi connectivity index (χ2n) is 3.57. The van der Waals surface area contributed by atoms with Crippen LogP contribution in [0.15, 0.2) is 0 Å². The maximum absolute atomic E-state index is 5.50. The molecule has 13 heavy (non-hydrogen) atoms. The topological polar surface area (TPSA) is 68.8 Å². The Morgan fingerprint density at radius 2 is 2.54 bits per heavy atom. The summed E-state index contributed by atoms with van der Waals surface area (Å²) in [5, 5.41) is 7.35. The number of anilines is 1. The SMILES string of the molecule is Cn1nc(N)nc1CC1CCNC1. The first kappa shape index (κ1) is 8.50. The van der Waals surface area contributed by atoms with Gasteiger partial charge in [-0.2, -0.15) is 4.98 Å². The second-order valence-corrected chi connectivity index (χ2v) is 3.57. The van der Waals surface area contributed by atoms with Crippen LogP contribution in [-0.2, 0) is 13.5 Å². The van der Waals surface area contributed by atoms with Gasteiger partial charge in [0.2, 0.25) is 5.95 Å². The van der Waals surface area contributed by atoms with Gasteiger partial charge in [-0.3, -0.25) is 4.68 Å². The maximum Gasteiger partial charge on any atom is 0.239 e. The minimum Gasteiger partial charge on any atom is -0.366 e. The fraction of sp³-hybridized carbons (Fsp3) is 0.750. The van der Waals surface area contributed by atoms with Crippen molar-refractivity contribution in [2.45, 2.75) is 12.8 Å². The summed E-state index contributed by atoms with van der Waals surface area (Å²) in [7, 11) is 1.89. The zero-order valence-electron chi connectivity index (χ0n) is 7.82. The van der Waals surface area contributed by atoms with Gasteiger partial charge in [0.05, 0.1) is 0 Å². The standard InChI is InChI=1S/C8H15N5/c1-13-7(11-8(9)12-13)4-6-2-3-10-5-6/h6,10H,2-5H2,1H3,(H2,9,12). The van der Waals surface area contributed by atoms with E-state index >= 15 is 0 Å². The fourth-order valence-corrected chi connectivity index (χ4v) is 1.76. The predicted octanol–water partition coefficient (Wildman–Crippen LogP) is -0.451. The van der Waals surface area contributed by atoms with Gasteiger partial charge in [0.1, 0.15) is 5.82 Å². The van der Waals surface area contributed by atoms with Crippen LogP contribution >= 0.6 is 0 Å². The van der Waals surface area contributed by atoms with E-state index in [9.17, 15) is 0 Å². The van der Waals surface area contributed by atoms with E-state index < -0.39 is 0 Å². The van der Waals surface area contributed by atoms with Gasteiger partial charge in [-0.05, 0) is 25.4 Å². The molecule has 0 spiro atoms. The molecular weight excluding hydrogens is 166 g/mol. The van der Waals surface area contributed by atoms with Crippen molar-refractivity contribution in [3.8, 4) is 0 Å². The number of nitrogens with one attached hydrogen (secondary N) is 1. The quantitative estimate of drug-likeness (QED) is 0.648.